The molecular weight excluding hydrogens is 276 g/mol. The first kappa shape index (κ1) is 12.8. The van der Waals surface area contributed by atoms with E-state index in [9.17, 15) is 0 Å². The Morgan fingerprint density at radius 2 is 2.14 bits per heavy atom. The molecule has 0 aliphatic carbocycles. The fourth-order valence-corrected chi connectivity index (χ4v) is 2.73. The predicted molar refractivity (Wildman–Crippen MR) is 86.7 cm³/mol. The summed E-state index contributed by atoms with van der Waals surface area (Å²) in [4.78, 5) is 11.9. The van der Waals surface area contributed by atoms with Crippen molar-refractivity contribution in [3.63, 3.8) is 0 Å². The number of aromatic nitrogens is 5. The third kappa shape index (κ3) is 2.09. The van der Waals surface area contributed by atoms with Crippen molar-refractivity contribution >= 4 is 27.8 Å². The van der Waals surface area contributed by atoms with Gasteiger partial charge in [-0.1, -0.05) is 6.07 Å². The molecule has 4 aromatic rings. The maximum absolute atomic E-state index is 4.32. The Morgan fingerprint density at radius 1 is 1.23 bits per heavy atom. The van der Waals surface area contributed by atoms with E-state index in [4.69, 9.17) is 0 Å². The lowest BCUT2D eigenvalue weighted by Crippen LogP contribution is -2.02. The highest BCUT2D eigenvalue weighted by atomic mass is 15.3. The molecule has 0 spiro atoms. The van der Waals surface area contributed by atoms with Crippen LogP contribution in [0.25, 0.3) is 21.9 Å². The maximum atomic E-state index is 4.32. The number of aryl methyl sites for hydroxylation is 2. The van der Waals surface area contributed by atoms with E-state index < -0.39 is 0 Å². The number of rotatable bonds is 3. The molecule has 0 atom stereocenters. The van der Waals surface area contributed by atoms with Crippen LogP contribution in [0.1, 0.15) is 11.3 Å². The smallest absolute Gasteiger partial charge is 0.163 e. The van der Waals surface area contributed by atoms with Crippen molar-refractivity contribution < 1.29 is 0 Å². The summed E-state index contributed by atoms with van der Waals surface area (Å²) in [5.74, 6) is 0.809. The van der Waals surface area contributed by atoms with Gasteiger partial charge >= 0.3 is 0 Å². The molecule has 0 amide bonds. The Hall–Kier alpha value is -2.89. The average Bonchev–Trinajstić information content (AvgIpc) is 3.07. The molecule has 6 nitrogen and oxygen atoms in total. The maximum Gasteiger partial charge on any atom is 0.163 e. The van der Waals surface area contributed by atoms with Gasteiger partial charge in [0.25, 0.3) is 0 Å². The van der Waals surface area contributed by atoms with Crippen LogP contribution in [0.2, 0.25) is 0 Å². The number of nitrogens with one attached hydrogen (secondary N) is 2. The fraction of sp³-hybridized carbons (Fsp3) is 0.188. The van der Waals surface area contributed by atoms with E-state index in [1.165, 1.54) is 16.6 Å². The van der Waals surface area contributed by atoms with E-state index in [-0.39, 0.29) is 0 Å². The molecule has 3 heterocycles. The van der Waals surface area contributed by atoms with Crippen LogP contribution < -0.4 is 5.32 Å². The Bertz CT molecular complexity index is 965. The standard InChI is InChI=1S/C16H16N6/c1-10-5-12-6-11(3-4-14(12)21-10)7-17-15-13-8-20-22(2)16(13)19-9-18-15/h3-6,8-9,21H,7H2,1-2H3,(H,17,18,19). The van der Waals surface area contributed by atoms with Gasteiger partial charge in [-0.15, -0.1) is 0 Å². The lowest BCUT2D eigenvalue weighted by atomic mass is 10.1. The van der Waals surface area contributed by atoms with Gasteiger partial charge in [-0.2, -0.15) is 5.10 Å². The Kier molecular flexibility index (Phi) is 2.82. The summed E-state index contributed by atoms with van der Waals surface area (Å²) in [7, 11) is 1.88. The minimum atomic E-state index is 0.709. The van der Waals surface area contributed by atoms with E-state index in [0.29, 0.717) is 6.54 Å². The minimum absolute atomic E-state index is 0.709. The Balaban J connectivity index is 1.62. The van der Waals surface area contributed by atoms with E-state index in [0.717, 1.165) is 22.4 Å². The molecule has 0 bridgehead atoms. The zero-order chi connectivity index (χ0) is 15.1. The summed E-state index contributed by atoms with van der Waals surface area (Å²) in [5, 5.41) is 9.76. The zero-order valence-electron chi connectivity index (χ0n) is 12.5. The van der Waals surface area contributed by atoms with Crippen molar-refractivity contribution in [3.05, 3.63) is 48.0 Å². The van der Waals surface area contributed by atoms with E-state index in [1.54, 1.807) is 17.2 Å². The second-order valence-electron chi connectivity index (χ2n) is 5.46. The summed E-state index contributed by atoms with van der Waals surface area (Å²) in [6, 6.07) is 8.57. The van der Waals surface area contributed by atoms with Crippen molar-refractivity contribution in [1.82, 2.24) is 24.7 Å². The van der Waals surface area contributed by atoms with E-state index >= 15 is 0 Å². The number of aromatic amines is 1. The minimum Gasteiger partial charge on any atom is -0.365 e. The molecule has 0 radical (unpaired) electrons. The van der Waals surface area contributed by atoms with Crippen LogP contribution in [0.5, 0.6) is 0 Å². The summed E-state index contributed by atoms with van der Waals surface area (Å²) in [6.45, 7) is 2.78. The third-order valence-corrected chi connectivity index (χ3v) is 3.81. The molecule has 110 valence electrons. The second-order valence-corrected chi connectivity index (χ2v) is 5.46. The molecule has 4 rings (SSSR count). The van der Waals surface area contributed by atoms with Crippen LogP contribution in [-0.4, -0.2) is 24.7 Å². The van der Waals surface area contributed by atoms with Crippen LogP contribution in [0, 0.1) is 6.92 Å². The van der Waals surface area contributed by atoms with Gasteiger partial charge in [-0.05, 0) is 36.1 Å². The van der Waals surface area contributed by atoms with Crippen molar-refractivity contribution in [2.45, 2.75) is 13.5 Å². The first-order chi connectivity index (χ1) is 10.7. The molecule has 3 aromatic heterocycles. The Morgan fingerprint density at radius 3 is 3.05 bits per heavy atom. The van der Waals surface area contributed by atoms with Crippen molar-refractivity contribution in [2.24, 2.45) is 7.05 Å². The SMILES string of the molecule is Cc1cc2cc(CNc3ncnc4c3cnn4C)ccc2[nH]1. The van der Waals surface area contributed by atoms with E-state index in [2.05, 4.69) is 56.6 Å². The summed E-state index contributed by atoms with van der Waals surface area (Å²) in [5.41, 5.74) is 4.38. The first-order valence-electron chi connectivity index (χ1n) is 7.15. The normalized spacial score (nSPS) is 11.4. The molecule has 0 aliphatic heterocycles. The molecule has 6 heteroatoms. The van der Waals surface area contributed by atoms with Gasteiger partial charge in [0.2, 0.25) is 0 Å². The van der Waals surface area contributed by atoms with Crippen LogP contribution in [0.15, 0.2) is 36.8 Å². The van der Waals surface area contributed by atoms with Crippen LogP contribution in [0.3, 0.4) is 0 Å². The molecule has 0 aliphatic rings. The molecule has 0 saturated carbocycles. The number of anilines is 1. The highest BCUT2D eigenvalue weighted by molar-refractivity contribution is 5.86. The molecule has 0 fully saturated rings. The van der Waals surface area contributed by atoms with Gasteiger partial charge in [0.15, 0.2) is 5.65 Å². The molecule has 1 aromatic carbocycles. The van der Waals surface area contributed by atoms with Gasteiger partial charge in [0.1, 0.15) is 12.1 Å². The number of benzene rings is 1. The fourth-order valence-electron chi connectivity index (χ4n) is 2.73. The average molecular weight is 292 g/mol. The zero-order valence-corrected chi connectivity index (χ0v) is 12.5. The summed E-state index contributed by atoms with van der Waals surface area (Å²) < 4.78 is 1.75. The largest absolute Gasteiger partial charge is 0.365 e. The van der Waals surface area contributed by atoms with Crippen LogP contribution in [0.4, 0.5) is 5.82 Å². The third-order valence-electron chi connectivity index (χ3n) is 3.81. The highest BCUT2D eigenvalue weighted by Crippen LogP contribution is 2.20. The number of H-pyrrole nitrogens is 1. The topological polar surface area (TPSA) is 71.4 Å². The van der Waals surface area contributed by atoms with Gasteiger partial charge in [-0.25, -0.2) is 9.97 Å². The number of fused-ring (bicyclic) bond motifs is 2. The molecule has 0 saturated heterocycles. The van der Waals surface area contributed by atoms with E-state index in [1.807, 2.05) is 7.05 Å². The second kappa shape index (κ2) is 4.84. The van der Waals surface area contributed by atoms with Crippen molar-refractivity contribution in [2.75, 3.05) is 5.32 Å². The van der Waals surface area contributed by atoms with Gasteiger partial charge in [0, 0.05) is 24.8 Å². The van der Waals surface area contributed by atoms with Gasteiger partial charge in [0.05, 0.1) is 11.6 Å². The number of hydrogen-bond acceptors (Lipinski definition) is 4. The highest BCUT2D eigenvalue weighted by Gasteiger charge is 2.07. The Labute approximate surface area is 127 Å². The predicted octanol–water partition coefficient (Wildman–Crippen LogP) is 2.77. The first-order valence-corrected chi connectivity index (χ1v) is 7.15. The van der Waals surface area contributed by atoms with Gasteiger partial charge in [-0.3, -0.25) is 4.68 Å². The van der Waals surface area contributed by atoms with Crippen LogP contribution >= 0.6 is 0 Å². The molecule has 2 N–H and O–H groups in total. The molecule has 22 heavy (non-hydrogen) atoms. The summed E-state index contributed by atoms with van der Waals surface area (Å²) in [6.07, 6.45) is 3.35. The lowest BCUT2D eigenvalue weighted by Gasteiger charge is -2.06. The molecule has 0 unspecified atom stereocenters. The van der Waals surface area contributed by atoms with Crippen LogP contribution in [-0.2, 0) is 13.6 Å². The van der Waals surface area contributed by atoms with Crippen molar-refractivity contribution in [3.8, 4) is 0 Å². The lowest BCUT2D eigenvalue weighted by molar-refractivity contribution is 0.785. The van der Waals surface area contributed by atoms with Gasteiger partial charge < -0.3 is 10.3 Å². The number of hydrogen-bond donors (Lipinski definition) is 2. The molecular formula is C16H16N6. The monoisotopic (exact) mass is 292 g/mol. The quantitative estimate of drug-likeness (QED) is 0.609. The summed E-state index contributed by atoms with van der Waals surface area (Å²) >= 11 is 0. The number of nitrogens with zero attached hydrogens (tertiary/aromatic N) is 4. The van der Waals surface area contributed by atoms with Crippen molar-refractivity contribution in [1.29, 1.82) is 0 Å².